The number of carboxylic acids is 1. The van der Waals surface area contributed by atoms with E-state index in [-0.39, 0.29) is 5.56 Å². The van der Waals surface area contributed by atoms with Crippen LogP contribution in [0.25, 0.3) is 22.8 Å². The van der Waals surface area contributed by atoms with Crippen molar-refractivity contribution in [1.82, 2.24) is 10.1 Å². The van der Waals surface area contributed by atoms with Crippen LogP contribution in [0.15, 0.2) is 53.1 Å². The van der Waals surface area contributed by atoms with Crippen LogP contribution in [0.4, 0.5) is 0 Å². The van der Waals surface area contributed by atoms with Crippen LogP contribution in [0.5, 0.6) is 0 Å². The number of benzene rings is 2. The van der Waals surface area contributed by atoms with Gasteiger partial charge in [0, 0.05) is 11.1 Å². The molecule has 0 amide bonds. The number of hydrogen-bond acceptors (Lipinski definition) is 4. The van der Waals surface area contributed by atoms with Gasteiger partial charge in [0.25, 0.3) is 5.89 Å². The Bertz CT molecular complexity index is 807. The second-order valence-corrected chi connectivity index (χ2v) is 4.86. The van der Waals surface area contributed by atoms with Crippen LogP contribution in [0.2, 0.25) is 0 Å². The molecule has 0 radical (unpaired) electrons. The number of hydrogen-bond donors (Lipinski definition) is 1. The molecule has 0 aliphatic carbocycles. The Morgan fingerprint density at radius 1 is 1.14 bits per heavy atom. The van der Waals surface area contributed by atoms with E-state index in [1.165, 1.54) is 17.7 Å². The topological polar surface area (TPSA) is 76.2 Å². The molecule has 0 aliphatic heterocycles. The third-order valence-corrected chi connectivity index (χ3v) is 3.40. The number of nitrogens with zero attached hydrogens (tertiary/aromatic N) is 2. The van der Waals surface area contributed by atoms with Gasteiger partial charge >= 0.3 is 5.97 Å². The minimum atomic E-state index is -0.961. The molecule has 22 heavy (non-hydrogen) atoms. The number of aryl methyl sites for hydroxylation is 1. The molecule has 3 rings (SSSR count). The van der Waals surface area contributed by atoms with Crippen LogP contribution in [-0.2, 0) is 6.42 Å². The fraction of sp³-hybridized carbons (Fsp3) is 0.118. The van der Waals surface area contributed by atoms with Crippen LogP contribution < -0.4 is 0 Å². The summed E-state index contributed by atoms with van der Waals surface area (Å²) in [7, 11) is 0. The first-order valence-electron chi connectivity index (χ1n) is 6.94. The first kappa shape index (κ1) is 14.0. The zero-order valence-corrected chi connectivity index (χ0v) is 12.0. The van der Waals surface area contributed by atoms with Crippen molar-refractivity contribution in [3.8, 4) is 22.8 Å². The van der Waals surface area contributed by atoms with Gasteiger partial charge in [-0.3, -0.25) is 0 Å². The summed E-state index contributed by atoms with van der Waals surface area (Å²) < 4.78 is 5.30. The number of aromatic nitrogens is 2. The third-order valence-electron chi connectivity index (χ3n) is 3.40. The van der Waals surface area contributed by atoms with Gasteiger partial charge in [0.15, 0.2) is 0 Å². The predicted molar refractivity (Wildman–Crippen MR) is 81.5 cm³/mol. The standard InChI is InChI=1S/C17H14N2O3/c1-2-11-4-3-5-14(10-11)16-18-15(19-22-16)12-6-8-13(9-7-12)17(20)21/h3-10H,2H2,1H3,(H,20,21). The van der Waals surface area contributed by atoms with E-state index in [0.29, 0.717) is 17.3 Å². The molecule has 0 fully saturated rings. The molecular weight excluding hydrogens is 280 g/mol. The van der Waals surface area contributed by atoms with Crippen LogP contribution in [0.3, 0.4) is 0 Å². The Morgan fingerprint density at radius 2 is 1.91 bits per heavy atom. The predicted octanol–water partition coefficient (Wildman–Crippen LogP) is 3.66. The lowest BCUT2D eigenvalue weighted by molar-refractivity contribution is 0.0697. The first-order chi connectivity index (χ1) is 10.7. The van der Waals surface area contributed by atoms with Crippen molar-refractivity contribution < 1.29 is 14.4 Å². The van der Waals surface area contributed by atoms with Gasteiger partial charge in [0.1, 0.15) is 0 Å². The molecule has 1 heterocycles. The van der Waals surface area contributed by atoms with Crippen LogP contribution in [-0.4, -0.2) is 21.2 Å². The molecule has 110 valence electrons. The monoisotopic (exact) mass is 294 g/mol. The Hall–Kier alpha value is -2.95. The average Bonchev–Trinajstić information content (AvgIpc) is 3.05. The molecule has 5 heteroatoms. The summed E-state index contributed by atoms with van der Waals surface area (Å²) >= 11 is 0. The number of rotatable bonds is 4. The lowest BCUT2D eigenvalue weighted by Crippen LogP contribution is -1.95. The van der Waals surface area contributed by atoms with Gasteiger partial charge in [-0.1, -0.05) is 36.3 Å². The fourth-order valence-corrected chi connectivity index (χ4v) is 2.14. The van der Waals surface area contributed by atoms with Gasteiger partial charge in [0.05, 0.1) is 5.56 Å². The second kappa shape index (κ2) is 5.81. The maximum Gasteiger partial charge on any atom is 0.335 e. The molecule has 0 spiro atoms. The molecule has 0 saturated carbocycles. The summed E-state index contributed by atoms with van der Waals surface area (Å²) in [6.07, 6.45) is 0.936. The zero-order chi connectivity index (χ0) is 15.5. The van der Waals surface area contributed by atoms with E-state index in [9.17, 15) is 4.79 Å². The summed E-state index contributed by atoms with van der Waals surface area (Å²) in [4.78, 5) is 15.2. The van der Waals surface area contributed by atoms with Crippen molar-refractivity contribution in [2.24, 2.45) is 0 Å². The largest absolute Gasteiger partial charge is 0.478 e. The van der Waals surface area contributed by atoms with Crippen molar-refractivity contribution >= 4 is 5.97 Å². The molecule has 0 atom stereocenters. The molecule has 3 aromatic rings. The van der Waals surface area contributed by atoms with Gasteiger partial charge in [-0.25, -0.2) is 4.79 Å². The lowest BCUT2D eigenvalue weighted by atomic mass is 10.1. The second-order valence-electron chi connectivity index (χ2n) is 4.86. The highest BCUT2D eigenvalue weighted by atomic mass is 16.5. The van der Waals surface area contributed by atoms with Crippen LogP contribution >= 0.6 is 0 Å². The SMILES string of the molecule is CCc1cccc(-c2nc(-c3ccc(C(=O)O)cc3)no2)c1. The Kier molecular flexibility index (Phi) is 3.70. The zero-order valence-electron chi connectivity index (χ0n) is 12.0. The van der Waals surface area contributed by atoms with Crippen molar-refractivity contribution in [3.63, 3.8) is 0 Å². The maximum atomic E-state index is 10.8. The van der Waals surface area contributed by atoms with E-state index in [2.05, 4.69) is 17.1 Å². The molecule has 0 bridgehead atoms. The summed E-state index contributed by atoms with van der Waals surface area (Å²) in [5.74, 6) is -0.0711. The lowest BCUT2D eigenvalue weighted by Gasteiger charge is -1.98. The smallest absolute Gasteiger partial charge is 0.335 e. The van der Waals surface area contributed by atoms with Gasteiger partial charge in [0.2, 0.25) is 5.82 Å². The quantitative estimate of drug-likeness (QED) is 0.794. The molecule has 1 N–H and O–H groups in total. The van der Waals surface area contributed by atoms with E-state index in [0.717, 1.165) is 12.0 Å². The summed E-state index contributed by atoms with van der Waals surface area (Å²) in [6, 6.07) is 14.3. The van der Waals surface area contributed by atoms with Crippen LogP contribution in [0.1, 0.15) is 22.8 Å². The Morgan fingerprint density at radius 3 is 2.59 bits per heavy atom. The Balaban J connectivity index is 1.91. The summed E-state index contributed by atoms with van der Waals surface area (Å²) in [5, 5.41) is 12.9. The van der Waals surface area contributed by atoms with Crippen molar-refractivity contribution in [2.45, 2.75) is 13.3 Å². The van der Waals surface area contributed by atoms with Gasteiger partial charge in [-0.2, -0.15) is 4.98 Å². The number of carboxylic acid groups (broad SMARTS) is 1. The molecule has 1 aromatic heterocycles. The first-order valence-corrected chi connectivity index (χ1v) is 6.94. The van der Waals surface area contributed by atoms with Crippen molar-refractivity contribution in [3.05, 3.63) is 59.7 Å². The molecule has 5 nitrogen and oxygen atoms in total. The Labute approximate surface area is 127 Å². The highest BCUT2D eigenvalue weighted by Gasteiger charge is 2.11. The normalized spacial score (nSPS) is 10.6. The van der Waals surface area contributed by atoms with Crippen molar-refractivity contribution in [2.75, 3.05) is 0 Å². The summed E-state index contributed by atoms with van der Waals surface area (Å²) in [6.45, 7) is 2.09. The molecular formula is C17H14N2O3. The minimum absolute atomic E-state index is 0.225. The number of aromatic carboxylic acids is 1. The molecule has 0 saturated heterocycles. The summed E-state index contributed by atoms with van der Waals surface area (Å²) in [5.41, 5.74) is 3.01. The molecule has 0 aliphatic rings. The third kappa shape index (κ3) is 2.74. The van der Waals surface area contributed by atoms with E-state index >= 15 is 0 Å². The van der Waals surface area contributed by atoms with Crippen LogP contribution in [0, 0.1) is 0 Å². The van der Waals surface area contributed by atoms with Gasteiger partial charge in [-0.15, -0.1) is 0 Å². The fourth-order valence-electron chi connectivity index (χ4n) is 2.14. The number of carbonyl (C=O) groups is 1. The van der Waals surface area contributed by atoms with E-state index in [1.54, 1.807) is 12.1 Å². The highest BCUT2D eigenvalue weighted by molar-refractivity contribution is 5.88. The average molecular weight is 294 g/mol. The molecule has 0 unspecified atom stereocenters. The highest BCUT2D eigenvalue weighted by Crippen LogP contribution is 2.23. The van der Waals surface area contributed by atoms with E-state index in [1.807, 2.05) is 24.3 Å². The minimum Gasteiger partial charge on any atom is -0.478 e. The van der Waals surface area contributed by atoms with Gasteiger partial charge in [-0.05, 0) is 36.2 Å². The van der Waals surface area contributed by atoms with E-state index in [4.69, 9.17) is 9.63 Å². The van der Waals surface area contributed by atoms with Crippen molar-refractivity contribution in [1.29, 1.82) is 0 Å². The van der Waals surface area contributed by atoms with Gasteiger partial charge < -0.3 is 9.63 Å². The van der Waals surface area contributed by atoms with E-state index < -0.39 is 5.97 Å². The maximum absolute atomic E-state index is 10.8. The molecule has 2 aromatic carbocycles.